The van der Waals surface area contributed by atoms with Crippen molar-refractivity contribution in [3.8, 4) is 0 Å². The molecule has 0 saturated heterocycles. The minimum atomic E-state index is -0.796. The summed E-state index contributed by atoms with van der Waals surface area (Å²) >= 11 is 0. The molecule has 128 valence electrons. The molecule has 0 aromatic rings. The second-order valence-electron chi connectivity index (χ2n) is 6.77. The number of rotatable bonds is 9. The summed E-state index contributed by atoms with van der Waals surface area (Å²) in [6.07, 6.45) is 3.75. The summed E-state index contributed by atoms with van der Waals surface area (Å²) in [5.74, 6) is -0.149. The summed E-state index contributed by atoms with van der Waals surface area (Å²) in [4.78, 5) is 24.6. The third kappa shape index (κ3) is 6.64. The van der Waals surface area contributed by atoms with Crippen molar-refractivity contribution in [2.75, 3.05) is 13.1 Å². The van der Waals surface area contributed by atoms with E-state index in [2.05, 4.69) is 24.5 Å². The van der Waals surface area contributed by atoms with Gasteiger partial charge in [0.25, 0.3) is 0 Å². The van der Waals surface area contributed by atoms with E-state index in [1.807, 2.05) is 18.7 Å². The van der Waals surface area contributed by atoms with E-state index >= 15 is 0 Å². The van der Waals surface area contributed by atoms with Gasteiger partial charge in [-0.3, -0.25) is 9.69 Å². The van der Waals surface area contributed by atoms with Gasteiger partial charge in [-0.25, -0.2) is 4.79 Å². The summed E-state index contributed by atoms with van der Waals surface area (Å²) in [6, 6.07) is 0.494. The molecule has 0 spiro atoms. The lowest BCUT2D eigenvalue weighted by Gasteiger charge is -2.42. The molecule has 1 saturated carbocycles. The molecule has 22 heavy (non-hydrogen) atoms. The highest BCUT2D eigenvalue weighted by atomic mass is 16.4. The Balaban J connectivity index is 2.21. The first-order valence-corrected chi connectivity index (χ1v) is 8.34. The van der Waals surface area contributed by atoms with Gasteiger partial charge in [-0.2, -0.15) is 0 Å². The summed E-state index contributed by atoms with van der Waals surface area (Å²) in [5.41, 5.74) is 0. The number of aliphatic carboxylic acids is 1. The highest BCUT2D eigenvalue weighted by molar-refractivity contribution is 5.74. The van der Waals surface area contributed by atoms with Crippen molar-refractivity contribution in [2.24, 2.45) is 5.92 Å². The Morgan fingerprint density at radius 1 is 1.23 bits per heavy atom. The highest BCUT2D eigenvalue weighted by Gasteiger charge is 2.34. The van der Waals surface area contributed by atoms with E-state index in [4.69, 9.17) is 5.11 Å². The molecule has 0 heterocycles. The molecular formula is C16H31N3O3. The number of nitrogens with one attached hydrogen (secondary N) is 2. The molecule has 3 N–H and O–H groups in total. The first kappa shape index (κ1) is 18.7. The Hall–Kier alpha value is -1.30. The van der Waals surface area contributed by atoms with Crippen molar-refractivity contribution >= 4 is 12.0 Å². The Bertz CT molecular complexity index is 368. The third-order valence-corrected chi connectivity index (χ3v) is 4.26. The van der Waals surface area contributed by atoms with Crippen LogP contribution in [0.3, 0.4) is 0 Å². The topological polar surface area (TPSA) is 81.7 Å². The summed E-state index contributed by atoms with van der Waals surface area (Å²) in [7, 11) is 0. The van der Waals surface area contributed by atoms with Crippen LogP contribution in [0.15, 0.2) is 0 Å². The second kappa shape index (κ2) is 8.98. The van der Waals surface area contributed by atoms with Gasteiger partial charge in [0, 0.05) is 18.1 Å². The van der Waals surface area contributed by atoms with Crippen LogP contribution in [-0.2, 0) is 4.79 Å². The number of amides is 2. The molecule has 0 aromatic carbocycles. The first-order valence-electron chi connectivity index (χ1n) is 8.34. The van der Waals surface area contributed by atoms with Gasteiger partial charge in [0.1, 0.15) is 0 Å². The molecule has 0 radical (unpaired) electrons. The Labute approximate surface area is 133 Å². The van der Waals surface area contributed by atoms with Gasteiger partial charge in [0.15, 0.2) is 0 Å². The smallest absolute Gasteiger partial charge is 0.317 e. The van der Waals surface area contributed by atoms with Crippen molar-refractivity contribution in [1.29, 1.82) is 0 Å². The molecule has 1 unspecified atom stereocenters. The Morgan fingerprint density at radius 2 is 1.86 bits per heavy atom. The second-order valence-corrected chi connectivity index (χ2v) is 6.77. The van der Waals surface area contributed by atoms with Crippen LogP contribution in [0.1, 0.15) is 53.4 Å². The minimum Gasteiger partial charge on any atom is -0.480 e. The number of likely N-dealkylation sites (N-methyl/N-ethyl adjacent to an activating group) is 1. The lowest BCUT2D eigenvalue weighted by atomic mass is 9.85. The molecule has 1 aliphatic rings. The molecular weight excluding hydrogens is 282 g/mol. The van der Waals surface area contributed by atoms with E-state index in [9.17, 15) is 9.59 Å². The standard InChI is InChI=1S/C16H31N3O3/c1-5-19(10-15(20)21)14-8-13(9-14)18-16(22)17-12(4)7-6-11(2)3/h11-14H,5-10H2,1-4H3,(H,20,21)(H2,17,18,22). The number of hydrogen-bond acceptors (Lipinski definition) is 3. The van der Waals surface area contributed by atoms with E-state index in [1.165, 1.54) is 0 Å². The van der Waals surface area contributed by atoms with Crippen LogP contribution in [0.25, 0.3) is 0 Å². The molecule has 0 aromatic heterocycles. The van der Waals surface area contributed by atoms with Crippen molar-refractivity contribution in [1.82, 2.24) is 15.5 Å². The maximum atomic E-state index is 11.9. The number of nitrogens with zero attached hydrogens (tertiary/aromatic N) is 1. The Morgan fingerprint density at radius 3 is 2.36 bits per heavy atom. The largest absolute Gasteiger partial charge is 0.480 e. The van der Waals surface area contributed by atoms with Gasteiger partial charge in [0.05, 0.1) is 6.54 Å². The maximum absolute atomic E-state index is 11.9. The zero-order valence-corrected chi connectivity index (χ0v) is 14.3. The number of carboxylic acid groups (broad SMARTS) is 1. The lowest BCUT2D eigenvalue weighted by Crippen LogP contribution is -2.57. The fourth-order valence-electron chi connectivity index (χ4n) is 2.78. The quantitative estimate of drug-likeness (QED) is 0.608. The molecule has 0 bridgehead atoms. The highest BCUT2D eigenvalue weighted by Crippen LogP contribution is 2.25. The van der Waals surface area contributed by atoms with Crippen molar-refractivity contribution in [2.45, 2.75) is 71.5 Å². The maximum Gasteiger partial charge on any atom is 0.317 e. The molecule has 2 amide bonds. The Kier molecular flexibility index (Phi) is 7.65. The number of carbonyl (C=O) groups is 2. The van der Waals surface area contributed by atoms with Crippen LogP contribution < -0.4 is 10.6 Å². The molecule has 6 nitrogen and oxygen atoms in total. The number of hydrogen-bond donors (Lipinski definition) is 3. The van der Waals surface area contributed by atoms with E-state index in [0.717, 1.165) is 32.2 Å². The molecule has 1 fully saturated rings. The van der Waals surface area contributed by atoms with Crippen LogP contribution in [0.5, 0.6) is 0 Å². The van der Waals surface area contributed by atoms with E-state index in [1.54, 1.807) is 0 Å². The van der Waals surface area contributed by atoms with Crippen LogP contribution in [0.2, 0.25) is 0 Å². The van der Waals surface area contributed by atoms with Crippen LogP contribution in [-0.4, -0.2) is 53.2 Å². The van der Waals surface area contributed by atoms with Gasteiger partial charge in [0.2, 0.25) is 0 Å². The molecule has 1 aliphatic carbocycles. The predicted octanol–water partition coefficient (Wildman–Crippen LogP) is 2.05. The van der Waals surface area contributed by atoms with E-state index < -0.39 is 5.97 Å². The number of carbonyl (C=O) groups excluding carboxylic acids is 1. The average molecular weight is 313 g/mol. The number of urea groups is 1. The number of carboxylic acids is 1. The fraction of sp³-hybridized carbons (Fsp3) is 0.875. The zero-order chi connectivity index (χ0) is 16.7. The molecule has 1 atom stereocenters. The normalized spacial score (nSPS) is 22.3. The zero-order valence-electron chi connectivity index (χ0n) is 14.3. The minimum absolute atomic E-state index is 0.0757. The van der Waals surface area contributed by atoms with E-state index in [0.29, 0.717) is 5.92 Å². The molecule has 1 rings (SSSR count). The summed E-state index contributed by atoms with van der Waals surface area (Å²) in [6.45, 7) is 9.15. The summed E-state index contributed by atoms with van der Waals surface area (Å²) < 4.78 is 0. The monoisotopic (exact) mass is 313 g/mol. The van der Waals surface area contributed by atoms with Gasteiger partial charge in [-0.1, -0.05) is 20.8 Å². The fourth-order valence-corrected chi connectivity index (χ4v) is 2.78. The third-order valence-electron chi connectivity index (χ3n) is 4.26. The molecule has 0 aliphatic heterocycles. The summed E-state index contributed by atoms with van der Waals surface area (Å²) in [5, 5.41) is 14.8. The first-order chi connectivity index (χ1) is 10.3. The SMILES string of the molecule is CCN(CC(=O)O)C1CC(NC(=O)NC(C)CCC(C)C)C1. The van der Waals surface area contributed by atoms with Gasteiger partial charge in [-0.15, -0.1) is 0 Å². The lowest BCUT2D eigenvalue weighted by molar-refractivity contribution is -0.139. The van der Waals surface area contributed by atoms with Crippen LogP contribution in [0.4, 0.5) is 4.79 Å². The van der Waals surface area contributed by atoms with Gasteiger partial charge < -0.3 is 15.7 Å². The van der Waals surface area contributed by atoms with Gasteiger partial charge in [-0.05, 0) is 45.1 Å². The van der Waals surface area contributed by atoms with Crippen LogP contribution in [0, 0.1) is 5.92 Å². The van der Waals surface area contributed by atoms with Gasteiger partial charge >= 0.3 is 12.0 Å². The van der Waals surface area contributed by atoms with Crippen molar-refractivity contribution in [3.63, 3.8) is 0 Å². The van der Waals surface area contributed by atoms with Crippen molar-refractivity contribution in [3.05, 3.63) is 0 Å². The van der Waals surface area contributed by atoms with E-state index in [-0.39, 0.29) is 30.7 Å². The predicted molar refractivity (Wildman–Crippen MR) is 86.9 cm³/mol. The van der Waals surface area contributed by atoms with Crippen LogP contribution >= 0.6 is 0 Å². The average Bonchev–Trinajstić information content (AvgIpc) is 2.37. The van der Waals surface area contributed by atoms with Crippen molar-refractivity contribution < 1.29 is 14.7 Å². The molecule has 6 heteroatoms.